The number of anilines is 2. The Bertz CT molecular complexity index is 858. The van der Waals surface area contributed by atoms with Crippen LogP contribution in [0.5, 0.6) is 0 Å². The van der Waals surface area contributed by atoms with E-state index >= 15 is 0 Å². The van der Waals surface area contributed by atoms with Gasteiger partial charge < -0.3 is 24.8 Å². The first-order valence-corrected chi connectivity index (χ1v) is 9.99. The van der Waals surface area contributed by atoms with Crippen LogP contribution in [0.15, 0.2) is 12.1 Å². The van der Waals surface area contributed by atoms with Crippen LogP contribution in [0, 0.1) is 11.6 Å². The number of halogens is 2. The Morgan fingerprint density at radius 3 is 2.42 bits per heavy atom. The van der Waals surface area contributed by atoms with Gasteiger partial charge in [-0.25, -0.2) is 18.4 Å². The van der Waals surface area contributed by atoms with Gasteiger partial charge in [0, 0.05) is 53.3 Å². The number of carbonyl (C=O) groups excluding carboxylic acids is 3. The molecule has 2 aliphatic heterocycles. The highest BCUT2D eigenvalue weighted by Crippen LogP contribution is 2.33. The largest absolute Gasteiger partial charge is 0.442 e. The van der Waals surface area contributed by atoms with Crippen molar-refractivity contribution in [3.63, 3.8) is 0 Å². The van der Waals surface area contributed by atoms with E-state index in [-0.39, 0.29) is 42.4 Å². The van der Waals surface area contributed by atoms with Crippen LogP contribution in [0.4, 0.5) is 29.7 Å². The zero-order chi connectivity index (χ0) is 22.9. The molecule has 2 fully saturated rings. The molecule has 1 aromatic rings. The lowest BCUT2D eigenvalue weighted by atomic mass is 10.2. The van der Waals surface area contributed by atoms with E-state index in [1.807, 2.05) is 0 Å². The lowest BCUT2D eigenvalue weighted by Gasteiger charge is -2.28. The number of nitrogens with one attached hydrogen (secondary N) is 1. The first-order valence-electron chi connectivity index (χ1n) is 9.99. The summed E-state index contributed by atoms with van der Waals surface area (Å²) in [5, 5.41) is 2.55. The summed E-state index contributed by atoms with van der Waals surface area (Å²) < 4.78 is 35.0. The summed E-state index contributed by atoms with van der Waals surface area (Å²) in [5.41, 5.74) is -0.135. The van der Waals surface area contributed by atoms with Gasteiger partial charge in [-0.15, -0.1) is 0 Å². The van der Waals surface area contributed by atoms with Crippen LogP contribution in [0.1, 0.15) is 13.3 Å². The number of rotatable bonds is 5. The molecule has 1 N–H and O–H groups in total. The van der Waals surface area contributed by atoms with Crippen molar-refractivity contribution in [2.45, 2.75) is 25.5 Å². The van der Waals surface area contributed by atoms with Crippen LogP contribution in [-0.2, 0) is 9.53 Å². The molecule has 2 saturated heterocycles. The fourth-order valence-electron chi connectivity index (χ4n) is 3.84. The second-order valence-electron chi connectivity index (χ2n) is 7.99. The van der Waals surface area contributed by atoms with E-state index in [9.17, 15) is 23.2 Å². The molecule has 170 valence electrons. The summed E-state index contributed by atoms with van der Waals surface area (Å²) in [7, 11) is 4.96. The molecule has 3 rings (SSSR count). The Hall–Kier alpha value is -3.11. The fraction of sp³-hybridized carbons (Fsp3) is 0.550. The van der Waals surface area contributed by atoms with Gasteiger partial charge in [0.25, 0.3) is 0 Å². The number of cyclic esters (lactones) is 1. The zero-order valence-corrected chi connectivity index (χ0v) is 18.0. The molecule has 9 nitrogen and oxygen atoms in total. The predicted octanol–water partition coefficient (Wildman–Crippen LogP) is 1.62. The molecular formula is C20H27F2N5O4. The second kappa shape index (κ2) is 8.94. The first kappa shape index (κ1) is 22.6. The normalized spacial score (nSPS) is 20.6. The number of ether oxygens (including phenoxy) is 1. The Kier molecular flexibility index (Phi) is 6.51. The number of urea groups is 1. The van der Waals surface area contributed by atoms with Crippen molar-refractivity contribution in [1.29, 1.82) is 0 Å². The minimum absolute atomic E-state index is 0.0460. The Morgan fingerprint density at radius 1 is 1.19 bits per heavy atom. The average Bonchev–Trinajstić information content (AvgIpc) is 3.31. The molecule has 0 radical (unpaired) electrons. The van der Waals surface area contributed by atoms with Crippen LogP contribution < -0.4 is 15.1 Å². The molecule has 2 heterocycles. The average molecular weight is 439 g/mol. The van der Waals surface area contributed by atoms with Gasteiger partial charge in [-0.1, -0.05) is 0 Å². The van der Waals surface area contributed by atoms with Crippen LogP contribution in [-0.4, -0.2) is 87.3 Å². The van der Waals surface area contributed by atoms with E-state index in [1.54, 1.807) is 30.9 Å². The van der Waals surface area contributed by atoms with E-state index in [0.29, 0.717) is 19.5 Å². The molecule has 0 bridgehead atoms. The maximum Gasteiger partial charge on any atom is 0.414 e. The van der Waals surface area contributed by atoms with Crippen molar-refractivity contribution < 1.29 is 27.9 Å². The van der Waals surface area contributed by atoms with E-state index < -0.39 is 23.8 Å². The minimum atomic E-state index is -0.796. The Morgan fingerprint density at radius 2 is 1.84 bits per heavy atom. The van der Waals surface area contributed by atoms with Crippen molar-refractivity contribution >= 4 is 29.4 Å². The predicted molar refractivity (Wildman–Crippen MR) is 110 cm³/mol. The number of hydrogen-bond donors (Lipinski definition) is 1. The third kappa shape index (κ3) is 4.80. The molecule has 0 aromatic heterocycles. The number of carbonyl (C=O) groups is 3. The summed E-state index contributed by atoms with van der Waals surface area (Å²) in [6.45, 7) is 2.23. The summed E-state index contributed by atoms with van der Waals surface area (Å²) >= 11 is 0. The van der Waals surface area contributed by atoms with Crippen molar-refractivity contribution in [1.82, 2.24) is 15.1 Å². The fourth-order valence-corrected chi connectivity index (χ4v) is 3.84. The first-order chi connectivity index (χ1) is 14.6. The molecule has 2 aliphatic rings. The SMILES string of the molecule is CC(=O)NC[C@H]1CN(c2cc(F)c(N3CCC(N(C)C(=O)N(C)C)C3)c(F)c2)C(=O)O1. The van der Waals surface area contributed by atoms with E-state index in [4.69, 9.17) is 4.74 Å². The molecule has 11 heteroatoms. The van der Waals surface area contributed by atoms with E-state index in [2.05, 4.69) is 5.32 Å². The van der Waals surface area contributed by atoms with Gasteiger partial charge >= 0.3 is 12.1 Å². The molecule has 31 heavy (non-hydrogen) atoms. The summed E-state index contributed by atoms with van der Waals surface area (Å²) in [4.78, 5) is 41.0. The molecule has 2 atom stereocenters. The van der Waals surface area contributed by atoms with Gasteiger partial charge in [-0.2, -0.15) is 0 Å². The molecular weight excluding hydrogens is 412 g/mol. The van der Waals surface area contributed by atoms with Crippen molar-refractivity contribution in [2.24, 2.45) is 0 Å². The molecule has 4 amide bonds. The summed E-state index contributed by atoms with van der Waals surface area (Å²) in [6, 6.07) is 1.85. The maximum atomic E-state index is 14.9. The van der Waals surface area contributed by atoms with Gasteiger partial charge in [0.15, 0.2) is 11.6 Å². The summed E-state index contributed by atoms with van der Waals surface area (Å²) in [5.74, 6) is -1.86. The van der Waals surface area contributed by atoms with Gasteiger partial charge in [-0.05, 0) is 6.42 Å². The molecule has 0 saturated carbocycles. The number of nitrogens with zero attached hydrogens (tertiary/aromatic N) is 4. The molecule has 0 aliphatic carbocycles. The minimum Gasteiger partial charge on any atom is -0.442 e. The highest BCUT2D eigenvalue weighted by Gasteiger charge is 2.35. The van der Waals surface area contributed by atoms with Crippen LogP contribution in [0.25, 0.3) is 0 Å². The summed E-state index contributed by atoms with van der Waals surface area (Å²) in [6.07, 6.45) is -0.752. The lowest BCUT2D eigenvalue weighted by molar-refractivity contribution is -0.119. The quantitative estimate of drug-likeness (QED) is 0.754. The monoisotopic (exact) mass is 439 g/mol. The molecule has 1 unspecified atom stereocenters. The third-order valence-electron chi connectivity index (χ3n) is 5.48. The number of hydrogen-bond acceptors (Lipinski definition) is 5. The van der Waals surface area contributed by atoms with Crippen LogP contribution in [0.3, 0.4) is 0 Å². The Labute approximate surface area is 179 Å². The smallest absolute Gasteiger partial charge is 0.414 e. The van der Waals surface area contributed by atoms with Crippen molar-refractivity contribution in [3.8, 4) is 0 Å². The maximum absolute atomic E-state index is 14.9. The highest BCUT2D eigenvalue weighted by atomic mass is 19.1. The topological polar surface area (TPSA) is 85.4 Å². The molecule has 0 spiro atoms. The van der Waals surface area contributed by atoms with Crippen LogP contribution >= 0.6 is 0 Å². The third-order valence-corrected chi connectivity index (χ3v) is 5.48. The molecule has 1 aromatic carbocycles. The number of amides is 4. The van der Waals surface area contributed by atoms with Gasteiger partial charge in [0.2, 0.25) is 5.91 Å². The van der Waals surface area contributed by atoms with E-state index in [0.717, 1.165) is 17.0 Å². The van der Waals surface area contributed by atoms with E-state index in [1.165, 1.54) is 11.8 Å². The Balaban J connectivity index is 1.72. The lowest BCUT2D eigenvalue weighted by Crippen LogP contribution is -2.44. The number of likely N-dealkylation sites (N-methyl/N-ethyl adjacent to an activating group) is 1. The highest BCUT2D eigenvalue weighted by molar-refractivity contribution is 5.90. The van der Waals surface area contributed by atoms with Gasteiger partial charge in [0.05, 0.1) is 24.8 Å². The van der Waals surface area contributed by atoms with Crippen molar-refractivity contribution in [2.75, 3.05) is 57.1 Å². The second-order valence-corrected chi connectivity index (χ2v) is 7.99. The zero-order valence-electron chi connectivity index (χ0n) is 18.0. The van der Waals surface area contributed by atoms with Gasteiger partial charge in [0.1, 0.15) is 11.8 Å². The standard InChI is InChI=1S/C20H27F2N5O4/c1-12(28)23-9-15-11-27(20(30)31-15)14-7-16(21)18(17(22)8-14)26-6-5-13(10-26)25(4)19(29)24(2)3/h7-8,13,15H,5-6,9-11H2,1-4H3,(H,23,28)/t13?,15-/m0/s1. The van der Waals surface area contributed by atoms with Crippen LogP contribution in [0.2, 0.25) is 0 Å². The van der Waals surface area contributed by atoms with Crippen molar-refractivity contribution in [3.05, 3.63) is 23.8 Å². The van der Waals surface area contributed by atoms with Gasteiger partial charge in [-0.3, -0.25) is 9.69 Å². The number of benzene rings is 1.